The van der Waals surface area contributed by atoms with Gasteiger partial charge in [-0.25, -0.2) is 0 Å². The summed E-state index contributed by atoms with van der Waals surface area (Å²) >= 11 is 1.31. The van der Waals surface area contributed by atoms with Gasteiger partial charge in [0.15, 0.2) is 0 Å². The lowest BCUT2D eigenvalue weighted by atomic mass is 10.1. The van der Waals surface area contributed by atoms with Gasteiger partial charge in [0.25, 0.3) is 11.8 Å². The number of carbonyl (C=O) groups is 2. The third-order valence-corrected chi connectivity index (χ3v) is 5.90. The number of nitrogens with one attached hydrogen (secondary N) is 2. The van der Waals surface area contributed by atoms with Crippen molar-refractivity contribution in [1.82, 2.24) is 20.4 Å². The molecule has 0 aliphatic carbocycles. The zero-order valence-electron chi connectivity index (χ0n) is 16.9. The van der Waals surface area contributed by atoms with Crippen LogP contribution >= 0.6 is 11.3 Å². The first kappa shape index (κ1) is 21.4. The third-order valence-electron chi connectivity index (χ3n) is 4.92. The summed E-state index contributed by atoms with van der Waals surface area (Å²) in [7, 11) is 0. The van der Waals surface area contributed by atoms with E-state index in [-0.39, 0.29) is 11.8 Å². The number of hydrogen-bond acceptors (Lipinski definition) is 6. The van der Waals surface area contributed by atoms with Gasteiger partial charge in [0.1, 0.15) is 5.01 Å². The summed E-state index contributed by atoms with van der Waals surface area (Å²) in [6, 6.07) is 6.90. The highest BCUT2D eigenvalue weighted by molar-refractivity contribution is 7.13. The molecule has 0 atom stereocenters. The Balaban J connectivity index is 1.42. The van der Waals surface area contributed by atoms with E-state index in [0.29, 0.717) is 22.8 Å². The first-order valence-electron chi connectivity index (χ1n) is 10.4. The molecule has 1 aromatic carbocycles. The fourth-order valence-corrected chi connectivity index (χ4v) is 4.18. The van der Waals surface area contributed by atoms with Crippen LogP contribution in [0.4, 0.5) is 5.69 Å². The van der Waals surface area contributed by atoms with Gasteiger partial charge in [0, 0.05) is 24.2 Å². The van der Waals surface area contributed by atoms with E-state index in [2.05, 4.69) is 32.7 Å². The molecule has 0 saturated carbocycles. The van der Waals surface area contributed by atoms with Gasteiger partial charge in [-0.3, -0.25) is 9.59 Å². The van der Waals surface area contributed by atoms with Gasteiger partial charge in [0.05, 0.1) is 0 Å². The normalized spacial score (nSPS) is 14.5. The SMILES string of the molecule is CCCc1nnc(C(=O)Nc2ccc(C(=O)NCCCN3CCCCC3)cc2)s1. The van der Waals surface area contributed by atoms with Crippen LogP contribution in [0.25, 0.3) is 0 Å². The summed E-state index contributed by atoms with van der Waals surface area (Å²) in [5, 5.41) is 15.0. The van der Waals surface area contributed by atoms with Crippen molar-refractivity contribution in [2.24, 2.45) is 0 Å². The molecule has 1 fully saturated rings. The second kappa shape index (κ2) is 11.0. The summed E-state index contributed by atoms with van der Waals surface area (Å²) in [5.41, 5.74) is 1.21. The van der Waals surface area contributed by atoms with Crippen LogP contribution in [0.1, 0.15) is 64.2 Å². The van der Waals surface area contributed by atoms with Crippen molar-refractivity contribution in [2.45, 2.75) is 45.4 Å². The van der Waals surface area contributed by atoms with E-state index in [1.165, 1.54) is 43.7 Å². The van der Waals surface area contributed by atoms with E-state index in [9.17, 15) is 9.59 Å². The van der Waals surface area contributed by atoms with Crippen molar-refractivity contribution in [3.63, 3.8) is 0 Å². The fraction of sp³-hybridized carbons (Fsp3) is 0.524. The first-order chi connectivity index (χ1) is 14.2. The molecule has 8 heteroatoms. The number of carbonyl (C=O) groups excluding carboxylic acids is 2. The van der Waals surface area contributed by atoms with E-state index < -0.39 is 0 Å². The number of piperidine rings is 1. The summed E-state index contributed by atoms with van der Waals surface area (Å²) < 4.78 is 0. The number of benzene rings is 1. The molecular formula is C21H29N5O2S. The number of hydrogen-bond donors (Lipinski definition) is 2. The summed E-state index contributed by atoms with van der Waals surface area (Å²) in [6.45, 7) is 6.13. The van der Waals surface area contributed by atoms with Crippen molar-refractivity contribution in [1.29, 1.82) is 0 Å². The van der Waals surface area contributed by atoms with Gasteiger partial charge in [-0.15, -0.1) is 10.2 Å². The number of amides is 2. The van der Waals surface area contributed by atoms with E-state index in [0.717, 1.165) is 30.8 Å². The number of anilines is 1. The Morgan fingerprint density at radius 3 is 2.55 bits per heavy atom. The van der Waals surface area contributed by atoms with E-state index in [1.807, 2.05) is 0 Å². The smallest absolute Gasteiger partial charge is 0.286 e. The van der Waals surface area contributed by atoms with Gasteiger partial charge >= 0.3 is 0 Å². The first-order valence-corrected chi connectivity index (χ1v) is 11.2. The average Bonchev–Trinajstić information content (AvgIpc) is 3.21. The molecule has 0 bridgehead atoms. The van der Waals surface area contributed by atoms with Crippen LogP contribution in [0.5, 0.6) is 0 Å². The van der Waals surface area contributed by atoms with Gasteiger partial charge in [-0.2, -0.15) is 0 Å². The van der Waals surface area contributed by atoms with Gasteiger partial charge < -0.3 is 15.5 Å². The predicted octanol–water partition coefficient (Wildman–Crippen LogP) is 3.35. The summed E-state index contributed by atoms with van der Waals surface area (Å²) in [5.74, 6) is -0.366. The molecule has 3 rings (SSSR count). The van der Waals surface area contributed by atoms with Crippen LogP contribution in [0.2, 0.25) is 0 Å². The third kappa shape index (κ3) is 6.61. The molecule has 0 unspecified atom stereocenters. The Kier molecular flexibility index (Phi) is 8.13. The number of nitrogens with zero attached hydrogens (tertiary/aromatic N) is 3. The van der Waals surface area contributed by atoms with Crippen molar-refractivity contribution < 1.29 is 9.59 Å². The minimum atomic E-state index is -0.278. The summed E-state index contributed by atoms with van der Waals surface area (Å²) in [4.78, 5) is 27.0. The van der Waals surface area contributed by atoms with Gasteiger partial charge in [-0.1, -0.05) is 24.7 Å². The molecule has 0 radical (unpaired) electrons. The zero-order valence-corrected chi connectivity index (χ0v) is 17.8. The number of aryl methyl sites for hydroxylation is 1. The molecule has 2 amide bonds. The maximum atomic E-state index is 12.3. The molecule has 1 aromatic heterocycles. The van der Waals surface area contributed by atoms with Crippen molar-refractivity contribution in [3.8, 4) is 0 Å². The van der Waals surface area contributed by atoms with Crippen LogP contribution in [0.15, 0.2) is 24.3 Å². The number of likely N-dealkylation sites (tertiary alicyclic amines) is 1. The Labute approximate surface area is 175 Å². The second-order valence-corrected chi connectivity index (χ2v) is 8.36. The predicted molar refractivity (Wildman–Crippen MR) is 116 cm³/mol. The van der Waals surface area contributed by atoms with Crippen LogP contribution in [0.3, 0.4) is 0 Å². The highest BCUT2D eigenvalue weighted by Gasteiger charge is 2.13. The van der Waals surface area contributed by atoms with Crippen LogP contribution < -0.4 is 10.6 Å². The molecule has 1 aliphatic rings. The van der Waals surface area contributed by atoms with E-state index in [1.54, 1.807) is 24.3 Å². The lowest BCUT2D eigenvalue weighted by molar-refractivity contribution is 0.0950. The molecule has 29 heavy (non-hydrogen) atoms. The molecule has 156 valence electrons. The minimum Gasteiger partial charge on any atom is -0.352 e. The molecule has 0 spiro atoms. The second-order valence-electron chi connectivity index (χ2n) is 7.29. The highest BCUT2D eigenvalue weighted by atomic mass is 32.1. The van der Waals surface area contributed by atoms with Gasteiger partial charge in [0.2, 0.25) is 5.01 Å². The van der Waals surface area contributed by atoms with E-state index >= 15 is 0 Å². The van der Waals surface area contributed by atoms with Crippen molar-refractivity contribution in [3.05, 3.63) is 39.8 Å². The monoisotopic (exact) mass is 415 g/mol. The molecule has 1 saturated heterocycles. The Bertz CT molecular complexity index is 800. The Hall–Kier alpha value is -2.32. The molecule has 2 heterocycles. The fourth-order valence-electron chi connectivity index (χ4n) is 3.34. The maximum absolute atomic E-state index is 12.3. The topological polar surface area (TPSA) is 87.2 Å². The maximum Gasteiger partial charge on any atom is 0.286 e. The Morgan fingerprint density at radius 2 is 1.83 bits per heavy atom. The molecule has 2 N–H and O–H groups in total. The van der Waals surface area contributed by atoms with Crippen LogP contribution in [-0.4, -0.2) is 53.1 Å². The lowest BCUT2D eigenvalue weighted by Crippen LogP contribution is -2.33. The van der Waals surface area contributed by atoms with Gasteiger partial charge in [-0.05, 0) is 69.6 Å². The molecular weight excluding hydrogens is 386 g/mol. The number of rotatable bonds is 9. The van der Waals surface area contributed by atoms with Crippen molar-refractivity contribution in [2.75, 3.05) is 31.5 Å². The average molecular weight is 416 g/mol. The molecule has 7 nitrogen and oxygen atoms in total. The standard InChI is InChI=1S/C21H29N5O2S/c1-2-7-18-24-25-21(29-18)20(28)23-17-10-8-16(9-11-17)19(27)22-12-6-15-26-13-4-3-5-14-26/h8-11H,2-7,12-15H2,1H3,(H,22,27)(H,23,28). The summed E-state index contributed by atoms with van der Waals surface area (Å²) in [6.07, 6.45) is 6.67. The molecule has 1 aliphatic heterocycles. The largest absolute Gasteiger partial charge is 0.352 e. The zero-order chi connectivity index (χ0) is 20.5. The quantitative estimate of drug-likeness (QED) is 0.613. The minimum absolute atomic E-state index is 0.0881. The van der Waals surface area contributed by atoms with Crippen LogP contribution in [-0.2, 0) is 6.42 Å². The van der Waals surface area contributed by atoms with Crippen molar-refractivity contribution >= 4 is 28.8 Å². The van der Waals surface area contributed by atoms with Crippen LogP contribution in [0, 0.1) is 0 Å². The Morgan fingerprint density at radius 1 is 1.07 bits per heavy atom. The van der Waals surface area contributed by atoms with E-state index in [4.69, 9.17) is 0 Å². The number of aromatic nitrogens is 2. The lowest BCUT2D eigenvalue weighted by Gasteiger charge is -2.26. The highest BCUT2D eigenvalue weighted by Crippen LogP contribution is 2.15. The molecule has 2 aromatic rings.